The predicted molar refractivity (Wildman–Crippen MR) is 89.9 cm³/mol. The monoisotopic (exact) mass is 335 g/mol. The molecule has 0 aromatic carbocycles. The van der Waals surface area contributed by atoms with E-state index in [1.807, 2.05) is 16.7 Å². The SMILES string of the molecule is CC1CCCC(C)N1Cc1c(CC(=O)O)nc2ccc(Cl)cn12. The van der Waals surface area contributed by atoms with Crippen molar-refractivity contribution in [3.8, 4) is 0 Å². The number of rotatable bonds is 4. The third kappa shape index (κ3) is 3.35. The average Bonchev–Trinajstić information content (AvgIpc) is 2.79. The van der Waals surface area contributed by atoms with E-state index in [4.69, 9.17) is 11.6 Å². The lowest BCUT2D eigenvalue weighted by Gasteiger charge is -2.39. The Kier molecular flexibility index (Phi) is 4.60. The zero-order chi connectivity index (χ0) is 16.6. The molecule has 3 heterocycles. The van der Waals surface area contributed by atoms with Crippen molar-refractivity contribution in [1.82, 2.24) is 14.3 Å². The summed E-state index contributed by atoms with van der Waals surface area (Å²) in [7, 11) is 0. The molecule has 2 aromatic heterocycles. The standard InChI is InChI=1S/C17H22ClN3O2/c1-11-4-3-5-12(2)20(11)10-15-14(8-17(22)23)19-16-7-6-13(18)9-21(15)16/h6-7,9,11-12H,3-5,8,10H2,1-2H3,(H,22,23). The fraction of sp³-hybridized carbons (Fsp3) is 0.529. The Labute approximate surface area is 140 Å². The van der Waals surface area contributed by atoms with E-state index in [1.54, 1.807) is 6.07 Å². The van der Waals surface area contributed by atoms with Gasteiger partial charge < -0.3 is 9.51 Å². The first-order valence-corrected chi connectivity index (χ1v) is 8.46. The minimum Gasteiger partial charge on any atom is -0.481 e. The molecule has 1 saturated heterocycles. The van der Waals surface area contributed by atoms with Crippen LogP contribution in [0.1, 0.15) is 44.5 Å². The van der Waals surface area contributed by atoms with E-state index in [0.29, 0.717) is 29.3 Å². The number of aliphatic carboxylic acids is 1. The summed E-state index contributed by atoms with van der Waals surface area (Å²) in [4.78, 5) is 18.1. The zero-order valence-corrected chi connectivity index (χ0v) is 14.3. The van der Waals surface area contributed by atoms with Gasteiger partial charge in [0, 0.05) is 24.8 Å². The fourth-order valence-electron chi connectivity index (χ4n) is 3.53. The molecule has 1 aliphatic heterocycles. The van der Waals surface area contributed by atoms with Crippen LogP contribution in [0.3, 0.4) is 0 Å². The zero-order valence-electron chi connectivity index (χ0n) is 13.5. The Morgan fingerprint density at radius 2 is 2.04 bits per heavy atom. The third-order valence-corrected chi connectivity index (χ3v) is 5.01. The molecule has 3 rings (SSSR count). The highest BCUT2D eigenvalue weighted by Gasteiger charge is 2.27. The number of imidazole rings is 1. The molecule has 1 N–H and O–H groups in total. The molecule has 5 nitrogen and oxygen atoms in total. The number of nitrogens with zero attached hydrogens (tertiary/aromatic N) is 3. The second-order valence-corrected chi connectivity index (χ2v) is 6.89. The van der Waals surface area contributed by atoms with Crippen molar-refractivity contribution in [3.63, 3.8) is 0 Å². The van der Waals surface area contributed by atoms with Gasteiger partial charge in [0.05, 0.1) is 22.8 Å². The molecule has 2 aromatic rings. The van der Waals surface area contributed by atoms with Gasteiger partial charge in [0.2, 0.25) is 0 Å². The summed E-state index contributed by atoms with van der Waals surface area (Å²) >= 11 is 6.13. The second-order valence-electron chi connectivity index (χ2n) is 6.45. The van der Waals surface area contributed by atoms with Gasteiger partial charge in [-0.1, -0.05) is 18.0 Å². The smallest absolute Gasteiger partial charge is 0.309 e. The Bertz CT molecular complexity index is 718. The Morgan fingerprint density at radius 3 is 2.70 bits per heavy atom. The summed E-state index contributed by atoms with van der Waals surface area (Å²) < 4.78 is 1.94. The quantitative estimate of drug-likeness (QED) is 0.930. The summed E-state index contributed by atoms with van der Waals surface area (Å²) in [5.74, 6) is -0.861. The van der Waals surface area contributed by atoms with E-state index in [9.17, 15) is 9.90 Å². The van der Waals surface area contributed by atoms with Crippen LogP contribution in [0.4, 0.5) is 0 Å². The number of piperidine rings is 1. The maximum atomic E-state index is 11.2. The first kappa shape index (κ1) is 16.3. The van der Waals surface area contributed by atoms with E-state index in [2.05, 4.69) is 23.7 Å². The molecule has 0 bridgehead atoms. The molecule has 0 saturated carbocycles. The topological polar surface area (TPSA) is 57.8 Å². The molecule has 2 unspecified atom stereocenters. The molecule has 0 amide bonds. The van der Waals surface area contributed by atoms with Gasteiger partial charge >= 0.3 is 5.97 Å². The molecule has 6 heteroatoms. The van der Waals surface area contributed by atoms with E-state index >= 15 is 0 Å². The van der Waals surface area contributed by atoms with Crippen molar-refractivity contribution >= 4 is 23.2 Å². The van der Waals surface area contributed by atoms with Gasteiger partial charge in [-0.25, -0.2) is 4.98 Å². The number of halogens is 1. The third-order valence-electron chi connectivity index (χ3n) is 4.79. The first-order valence-electron chi connectivity index (χ1n) is 8.08. The molecule has 2 atom stereocenters. The largest absolute Gasteiger partial charge is 0.481 e. The van der Waals surface area contributed by atoms with Gasteiger partial charge in [0.25, 0.3) is 0 Å². The van der Waals surface area contributed by atoms with Crippen molar-refractivity contribution in [2.75, 3.05) is 0 Å². The molecule has 23 heavy (non-hydrogen) atoms. The summed E-state index contributed by atoms with van der Waals surface area (Å²) in [6.45, 7) is 5.18. The minimum atomic E-state index is -0.861. The van der Waals surface area contributed by atoms with Crippen molar-refractivity contribution < 1.29 is 9.90 Å². The van der Waals surface area contributed by atoms with Crippen molar-refractivity contribution in [1.29, 1.82) is 0 Å². The van der Waals surface area contributed by atoms with E-state index in [0.717, 1.165) is 11.3 Å². The Hall–Kier alpha value is -1.59. The van der Waals surface area contributed by atoms with Crippen LogP contribution < -0.4 is 0 Å². The van der Waals surface area contributed by atoms with Crippen LogP contribution in [-0.2, 0) is 17.8 Å². The van der Waals surface area contributed by atoms with Gasteiger partial charge in [0.1, 0.15) is 5.65 Å². The maximum Gasteiger partial charge on any atom is 0.309 e. The lowest BCUT2D eigenvalue weighted by molar-refractivity contribution is -0.136. The molecule has 0 radical (unpaired) electrons. The van der Waals surface area contributed by atoms with Crippen LogP contribution in [0.5, 0.6) is 0 Å². The van der Waals surface area contributed by atoms with E-state index in [1.165, 1.54) is 19.3 Å². The lowest BCUT2D eigenvalue weighted by Crippen LogP contribution is -2.43. The molecule has 0 spiro atoms. The number of carboxylic acid groups (broad SMARTS) is 1. The summed E-state index contributed by atoms with van der Waals surface area (Å²) in [6, 6.07) is 4.59. The number of carbonyl (C=O) groups is 1. The Balaban J connectivity index is 2.02. The van der Waals surface area contributed by atoms with Crippen molar-refractivity contribution in [3.05, 3.63) is 34.7 Å². The normalized spacial score (nSPS) is 22.6. The highest BCUT2D eigenvalue weighted by molar-refractivity contribution is 6.30. The van der Waals surface area contributed by atoms with Gasteiger partial charge in [-0.05, 0) is 38.8 Å². The van der Waals surface area contributed by atoms with Crippen LogP contribution in [0.2, 0.25) is 5.02 Å². The number of fused-ring (bicyclic) bond motifs is 1. The van der Waals surface area contributed by atoms with Crippen LogP contribution >= 0.6 is 11.6 Å². The van der Waals surface area contributed by atoms with Gasteiger partial charge in [-0.2, -0.15) is 0 Å². The summed E-state index contributed by atoms with van der Waals surface area (Å²) in [6.07, 6.45) is 5.36. The minimum absolute atomic E-state index is 0.0643. The van der Waals surface area contributed by atoms with Crippen LogP contribution in [-0.4, -0.2) is 37.4 Å². The van der Waals surface area contributed by atoms with Crippen LogP contribution in [0, 0.1) is 0 Å². The number of aromatic nitrogens is 2. The molecule has 124 valence electrons. The fourth-order valence-corrected chi connectivity index (χ4v) is 3.69. The van der Waals surface area contributed by atoms with E-state index < -0.39 is 5.97 Å². The second kappa shape index (κ2) is 6.49. The first-order chi connectivity index (χ1) is 11.0. The maximum absolute atomic E-state index is 11.2. The summed E-state index contributed by atoms with van der Waals surface area (Å²) in [5.41, 5.74) is 2.31. The van der Waals surface area contributed by atoms with Crippen molar-refractivity contribution in [2.45, 2.75) is 58.2 Å². The van der Waals surface area contributed by atoms with E-state index in [-0.39, 0.29) is 6.42 Å². The van der Waals surface area contributed by atoms with Gasteiger partial charge in [-0.3, -0.25) is 9.69 Å². The number of pyridine rings is 1. The Morgan fingerprint density at radius 1 is 1.35 bits per heavy atom. The van der Waals surface area contributed by atoms with Gasteiger partial charge in [-0.15, -0.1) is 0 Å². The predicted octanol–water partition coefficient (Wildman–Crippen LogP) is 3.38. The number of hydrogen-bond acceptors (Lipinski definition) is 3. The van der Waals surface area contributed by atoms with Gasteiger partial charge in [0.15, 0.2) is 0 Å². The highest BCUT2D eigenvalue weighted by Crippen LogP contribution is 2.26. The van der Waals surface area contributed by atoms with Crippen molar-refractivity contribution in [2.24, 2.45) is 0 Å². The number of hydrogen-bond donors (Lipinski definition) is 1. The number of carboxylic acids is 1. The molecule has 1 fully saturated rings. The molecular weight excluding hydrogens is 314 g/mol. The van der Waals surface area contributed by atoms with Crippen LogP contribution in [0.25, 0.3) is 5.65 Å². The molecule has 1 aliphatic rings. The highest BCUT2D eigenvalue weighted by atomic mass is 35.5. The lowest BCUT2D eigenvalue weighted by atomic mass is 9.97. The molecule has 0 aliphatic carbocycles. The average molecular weight is 336 g/mol. The number of likely N-dealkylation sites (tertiary alicyclic amines) is 1. The van der Waals surface area contributed by atoms with Crippen LogP contribution in [0.15, 0.2) is 18.3 Å². The molecular formula is C17H22ClN3O2. The summed E-state index contributed by atoms with van der Waals surface area (Å²) in [5, 5.41) is 9.81.